The van der Waals surface area contributed by atoms with Crippen LogP contribution < -0.4 is 9.46 Å². The number of sulfonamides is 1. The van der Waals surface area contributed by atoms with Gasteiger partial charge in [-0.25, -0.2) is 18.2 Å². The Morgan fingerprint density at radius 2 is 1.92 bits per heavy atom. The van der Waals surface area contributed by atoms with E-state index in [4.69, 9.17) is 26.2 Å². The van der Waals surface area contributed by atoms with E-state index in [2.05, 4.69) is 57.1 Å². The number of carboxylic acid groups (broad SMARTS) is 1. The number of nitrogens with one attached hydrogen (secondary N) is 1. The first-order valence-corrected chi connectivity index (χ1v) is 14.1. The molecular weight excluding hydrogens is 581 g/mol. The van der Waals surface area contributed by atoms with Crippen LogP contribution in [0.5, 0.6) is 5.75 Å². The van der Waals surface area contributed by atoms with Gasteiger partial charge in [0, 0.05) is 36.6 Å². The van der Waals surface area contributed by atoms with E-state index in [9.17, 15) is 21.6 Å². The number of anilines is 1. The summed E-state index contributed by atoms with van der Waals surface area (Å²) in [5.41, 5.74) is 1.20. The predicted molar refractivity (Wildman–Crippen MR) is 140 cm³/mol. The van der Waals surface area contributed by atoms with E-state index in [-0.39, 0.29) is 26.6 Å². The number of halogens is 4. The molecule has 1 atom stereocenters. The molecule has 1 saturated heterocycles. The molecular formula is C24H26ClF3N4O5S2. The quantitative estimate of drug-likeness (QED) is 0.371. The third-order valence-corrected chi connectivity index (χ3v) is 8.11. The third kappa shape index (κ3) is 8.78. The highest BCUT2D eigenvalue weighted by atomic mass is 35.5. The molecule has 1 aromatic heterocycles. The van der Waals surface area contributed by atoms with Gasteiger partial charge in [-0.05, 0) is 30.2 Å². The number of benzene rings is 2. The lowest BCUT2D eigenvalue weighted by Gasteiger charge is -2.44. The highest BCUT2D eigenvalue weighted by Gasteiger charge is 2.39. The number of piperidine rings is 1. The lowest BCUT2D eigenvalue weighted by molar-refractivity contribution is -0.192. The summed E-state index contributed by atoms with van der Waals surface area (Å²) >= 11 is 7.37. The molecule has 1 unspecified atom stereocenters. The van der Waals surface area contributed by atoms with Gasteiger partial charge in [-0.3, -0.25) is 9.62 Å². The van der Waals surface area contributed by atoms with Crippen LogP contribution in [-0.2, 0) is 21.4 Å². The molecule has 0 saturated carbocycles. The lowest BCUT2D eigenvalue weighted by Crippen LogP contribution is -2.50. The number of likely N-dealkylation sites (tertiary alicyclic amines) is 1. The Labute approximate surface area is 232 Å². The average Bonchev–Trinajstić information content (AvgIpc) is 3.34. The van der Waals surface area contributed by atoms with Crippen molar-refractivity contribution in [2.45, 2.75) is 44.0 Å². The molecule has 15 heteroatoms. The van der Waals surface area contributed by atoms with Gasteiger partial charge in [0.25, 0.3) is 10.0 Å². The van der Waals surface area contributed by atoms with Crippen LogP contribution in [-0.4, -0.2) is 59.1 Å². The Balaban J connectivity index is 0.000000532. The maximum atomic E-state index is 12.6. The minimum atomic E-state index is -5.08. The van der Waals surface area contributed by atoms with Crippen molar-refractivity contribution in [2.24, 2.45) is 5.41 Å². The Hall–Kier alpha value is -2.94. The average molecular weight is 607 g/mol. The molecule has 4 rings (SSSR count). The molecule has 2 aromatic carbocycles. The molecule has 9 nitrogen and oxygen atoms in total. The number of ether oxygens (including phenoxy) is 1. The Morgan fingerprint density at radius 1 is 1.26 bits per heavy atom. The van der Waals surface area contributed by atoms with Gasteiger partial charge in [-0.1, -0.05) is 55.8 Å². The Kier molecular flexibility index (Phi) is 9.80. The summed E-state index contributed by atoms with van der Waals surface area (Å²) in [6.07, 6.45) is -2.97. The fraction of sp³-hybridized carbons (Fsp3) is 0.375. The van der Waals surface area contributed by atoms with Crippen LogP contribution in [0.2, 0.25) is 5.02 Å². The molecule has 212 valence electrons. The minimum Gasteiger partial charge on any atom is -0.488 e. The van der Waals surface area contributed by atoms with E-state index in [1.54, 1.807) is 6.07 Å². The van der Waals surface area contributed by atoms with Crippen molar-refractivity contribution in [1.29, 1.82) is 0 Å². The maximum Gasteiger partial charge on any atom is 0.490 e. The second-order valence-electron chi connectivity index (χ2n) is 9.33. The number of rotatable bonds is 7. The first kappa shape index (κ1) is 30.6. The van der Waals surface area contributed by atoms with Crippen molar-refractivity contribution < 1.29 is 36.2 Å². The fourth-order valence-electron chi connectivity index (χ4n) is 3.93. The van der Waals surface area contributed by atoms with E-state index in [1.807, 2.05) is 6.07 Å². The second kappa shape index (κ2) is 12.5. The van der Waals surface area contributed by atoms with Gasteiger partial charge >= 0.3 is 12.1 Å². The monoisotopic (exact) mass is 606 g/mol. The molecule has 1 fully saturated rings. The number of aliphatic carboxylic acids is 1. The molecule has 0 bridgehead atoms. The highest BCUT2D eigenvalue weighted by Crippen LogP contribution is 2.36. The van der Waals surface area contributed by atoms with Gasteiger partial charge in [0.05, 0.1) is 9.92 Å². The number of alkyl halides is 3. The zero-order valence-corrected chi connectivity index (χ0v) is 23.2. The largest absolute Gasteiger partial charge is 0.490 e. The van der Waals surface area contributed by atoms with Gasteiger partial charge in [0.15, 0.2) is 0 Å². The fourth-order valence-corrected chi connectivity index (χ4v) is 5.91. The molecule has 1 aliphatic heterocycles. The number of carboxylic acids is 1. The van der Waals surface area contributed by atoms with Crippen LogP contribution in [0, 0.1) is 5.41 Å². The minimum absolute atomic E-state index is 0.0333. The van der Waals surface area contributed by atoms with Crippen LogP contribution in [0.25, 0.3) is 0 Å². The normalized spacial score (nSPS) is 17.5. The standard InChI is InChI=1S/C22H25ClN4O3S2.C2HF3O2/c1-22(2)14-27(13-16-6-4-3-5-7-16)11-10-20(22)30-19-9-8-17(12-18(19)23)32(28,29)26-21-24-15-25-31-21;3-2(4,5)1(6)7/h3-9,12,15,20H,10-11,13-14H2,1-2H3,(H,24,25,26);(H,6,7). The zero-order chi connectivity index (χ0) is 28.8. The second-order valence-corrected chi connectivity index (χ2v) is 12.2. The smallest absolute Gasteiger partial charge is 0.488 e. The topological polar surface area (TPSA) is 122 Å². The van der Waals surface area contributed by atoms with Gasteiger partial charge in [0.2, 0.25) is 5.13 Å². The molecule has 2 heterocycles. The molecule has 39 heavy (non-hydrogen) atoms. The van der Waals surface area contributed by atoms with Gasteiger partial charge in [-0.2, -0.15) is 17.5 Å². The number of hydrogen-bond donors (Lipinski definition) is 2. The molecule has 0 radical (unpaired) electrons. The molecule has 3 aromatic rings. The van der Waals surface area contributed by atoms with Crippen molar-refractivity contribution in [3.05, 3.63) is 65.4 Å². The summed E-state index contributed by atoms with van der Waals surface area (Å²) in [6, 6.07) is 14.9. The molecule has 0 amide bonds. The van der Waals surface area contributed by atoms with Crippen molar-refractivity contribution in [3.8, 4) is 5.75 Å². The lowest BCUT2D eigenvalue weighted by atomic mass is 9.81. The van der Waals surface area contributed by atoms with Gasteiger partial charge < -0.3 is 9.84 Å². The van der Waals surface area contributed by atoms with Gasteiger partial charge in [0.1, 0.15) is 18.2 Å². The summed E-state index contributed by atoms with van der Waals surface area (Å²) in [4.78, 5) is 15.2. The number of hydrogen-bond acceptors (Lipinski definition) is 8. The van der Waals surface area contributed by atoms with Crippen LogP contribution in [0.4, 0.5) is 18.3 Å². The Morgan fingerprint density at radius 3 is 2.46 bits per heavy atom. The molecule has 2 N–H and O–H groups in total. The predicted octanol–water partition coefficient (Wildman–Crippen LogP) is 5.31. The van der Waals surface area contributed by atoms with Crippen LogP contribution in [0.1, 0.15) is 25.8 Å². The summed E-state index contributed by atoms with van der Waals surface area (Å²) < 4.78 is 69.3. The van der Waals surface area contributed by atoms with E-state index in [0.29, 0.717) is 5.75 Å². The van der Waals surface area contributed by atoms with E-state index in [1.165, 1.54) is 24.0 Å². The van der Waals surface area contributed by atoms with Crippen LogP contribution in [0.3, 0.4) is 0 Å². The summed E-state index contributed by atoms with van der Waals surface area (Å²) in [6.45, 7) is 7.09. The van der Waals surface area contributed by atoms with Crippen molar-refractivity contribution in [1.82, 2.24) is 14.3 Å². The molecule has 0 aliphatic carbocycles. The zero-order valence-electron chi connectivity index (χ0n) is 20.9. The maximum absolute atomic E-state index is 12.6. The number of aromatic nitrogens is 2. The highest BCUT2D eigenvalue weighted by molar-refractivity contribution is 7.93. The Bertz CT molecular complexity index is 1360. The molecule has 0 spiro atoms. The van der Waals surface area contributed by atoms with Crippen molar-refractivity contribution >= 4 is 44.3 Å². The summed E-state index contributed by atoms with van der Waals surface area (Å²) in [5, 5.41) is 7.58. The third-order valence-electron chi connectivity index (χ3n) is 5.77. The summed E-state index contributed by atoms with van der Waals surface area (Å²) in [5.74, 6) is -2.27. The van der Waals surface area contributed by atoms with E-state index < -0.39 is 22.2 Å². The SMILES string of the molecule is CC1(C)CN(Cc2ccccc2)CCC1Oc1ccc(S(=O)(=O)Nc2ncns2)cc1Cl.O=C(O)C(F)(F)F. The molecule has 1 aliphatic rings. The number of nitrogens with zero attached hydrogens (tertiary/aromatic N) is 3. The van der Waals surface area contributed by atoms with Crippen molar-refractivity contribution in [3.63, 3.8) is 0 Å². The van der Waals surface area contributed by atoms with E-state index in [0.717, 1.165) is 37.6 Å². The van der Waals surface area contributed by atoms with E-state index >= 15 is 0 Å². The van der Waals surface area contributed by atoms with Crippen molar-refractivity contribution in [2.75, 3.05) is 17.8 Å². The first-order chi connectivity index (χ1) is 18.2. The van der Waals surface area contributed by atoms with Crippen LogP contribution in [0.15, 0.2) is 59.8 Å². The van der Waals surface area contributed by atoms with Gasteiger partial charge in [-0.15, -0.1) is 0 Å². The summed E-state index contributed by atoms with van der Waals surface area (Å²) in [7, 11) is -3.80. The number of carbonyl (C=O) groups is 1. The van der Waals surface area contributed by atoms with Crippen LogP contribution >= 0.6 is 23.1 Å². The first-order valence-electron chi connectivity index (χ1n) is 11.5.